The van der Waals surface area contributed by atoms with Gasteiger partial charge in [0, 0.05) is 12.0 Å². The second-order valence-electron chi connectivity index (χ2n) is 6.75. The molecule has 0 bridgehead atoms. The van der Waals surface area contributed by atoms with Gasteiger partial charge < -0.3 is 0 Å². The third-order valence-corrected chi connectivity index (χ3v) is 7.15. The third-order valence-electron chi connectivity index (χ3n) is 4.27. The number of hydrogen-bond acceptors (Lipinski definition) is 1. The fourth-order valence-electron chi connectivity index (χ4n) is 3.02. The smallest absolute Gasteiger partial charge is 0.204 e. The fourth-order valence-corrected chi connectivity index (χ4v) is 5.68. The summed E-state index contributed by atoms with van der Waals surface area (Å²) in [6.45, 7) is 6.62. The van der Waals surface area contributed by atoms with Crippen molar-refractivity contribution in [1.82, 2.24) is 0 Å². The molecule has 0 fully saturated rings. The number of rotatable bonds is 6. The molecular formula is C22H26OSi. The van der Waals surface area contributed by atoms with Crippen LogP contribution in [-0.4, -0.2) is 13.9 Å². The lowest BCUT2D eigenvalue weighted by molar-refractivity contribution is -0.113. The summed E-state index contributed by atoms with van der Waals surface area (Å²) in [5, 5.41) is 0. The normalized spacial score (nSPS) is 11.0. The van der Waals surface area contributed by atoms with Crippen LogP contribution in [0.1, 0.15) is 42.9 Å². The second-order valence-corrected chi connectivity index (χ2v) is 11.0. The molecular weight excluding hydrogens is 308 g/mol. The zero-order valence-electron chi connectivity index (χ0n) is 14.9. The zero-order chi connectivity index (χ0) is 17.4. The van der Waals surface area contributed by atoms with Crippen LogP contribution in [-0.2, 0) is 4.79 Å². The van der Waals surface area contributed by atoms with Gasteiger partial charge in [-0.3, -0.25) is 4.79 Å². The Morgan fingerprint density at radius 2 is 1.46 bits per heavy atom. The van der Waals surface area contributed by atoms with E-state index in [9.17, 15) is 4.79 Å². The first-order valence-electron chi connectivity index (χ1n) is 8.70. The number of hydrogen-bond donors (Lipinski definition) is 0. The molecule has 2 aromatic rings. The van der Waals surface area contributed by atoms with E-state index in [0.29, 0.717) is 6.42 Å². The van der Waals surface area contributed by atoms with Gasteiger partial charge in [-0.25, -0.2) is 0 Å². The summed E-state index contributed by atoms with van der Waals surface area (Å²) in [6, 6.07) is 21.1. The van der Waals surface area contributed by atoms with E-state index in [4.69, 9.17) is 0 Å². The van der Waals surface area contributed by atoms with Gasteiger partial charge >= 0.3 is 0 Å². The summed E-state index contributed by atoms with van der Waals surface area (Å²) < 4.78 is 0. The average Bonchev–Trinajstić information content (AvgIpc) is 2.60. The van der Waals surface area contributed by atoms with Crippen molar-refractivity contribution < 1.29 is 4.79 Å². The van der Waals surface area contributed by atoms with E-state index in [0.717, 1.165) is 12.8 Å². The number of carbonyl (C=O) groups excluding carboxylic acids is 1. The van der Waals surface area contributed by atoms with E-state index < -0.39 is 8.07 Å². The van der Waals surface area contributed by atoms with Crippen LogP contribution in [0, 0.1) is 11.5 Å². The largest absolute Gasteiger partial charge is 0.285 e. The Hall–Kier alpha value is -2.11. The third kappa shape index (κ3) is 4.94. The van der Waals surface area contributed by atoms with E-state index in [-0.39, 0.29) is 11.3 Å². The molecule has 0 aliphatic heterocycles. The molecule has 0 saturated carbocycles. The highest BCUT2D eigenvalue weighted by Crippen LogP contribution is 2.33. The van der Waals surface area contributed by atoms with Crippen molar-refractivity contribution >= 4 is 13.9 Å². The minimum atomic E-state index is -2.00. The fraction of sp³-hybridized carbons (Fsp3) is 0.318. The van der Waals surface area contributed by atoms with Crippen molar-refractivity contribution in [3.63, 3.8) is 0 Å². The van der Waals surface area contributed by atoms with E-state index >= 15 is 0 Å². The van der Waals surface area contributed by atoms with Gasteiger partial charge in [-0.2, -0.15) is 0 Å². The summed E-state index contributed by atoms with van der Waals surface area (Å²) in [5.41, 5.74) is 6.25. The first-order chi connectivity index (χ1) is 11.5. The van der Waals surface area contributed by atoms with Crippen LogP contribution in [0.3, 0.4) is 0 Å². The van der Waals surface area contributed by atoms with Crippen LogP contribution in [0.2, 0.25) is 13.1 Å². The number of unbranched alkanes of at least 4 members (excludes halogenated alkanes) is 1. The minimum Gasteiger partial charge on any atom is -0.285 e. The SMILES string of the molecule is CCCCC(=O)C#C[Si](C)(C)C(c1ccccc1)c1ccccc1. The maximum absolute atomic E-state index is 12.0. The monoisotopic (exact) mass is 334 g/mol. The van der Waals surface area contributed by atoms with Gasteiger partial charge in [0.15, 0.2) is 0 Å². The first kappa shape index (κ1) is 18.2. The molecule has 0 heterocycles. The number of Topliss-reactive ketones (excluding diaryl/α,β-unsaturated/α-hetero) is 1. The summed E-state index contributed by atoms with van der Waals surface area (Å²) >= 11 is 0. The predicted molar refractivity (Wildman–Crippen MR) is 105 cm³/mol. The summed E-state index contributed by atoms with van der Waals surface area (Å²) in [7, 11) is -2.00. The van der Waals surface area contributed by atoms with Crippen LogP contribution < -0.4 is 0 Å². The topological polar surface area (TPSA) is 17.1 Å². The number of benzene rings is 2. The molecule has 2 heteroatoms. The summed E-state index contributed by atoms with van der Waals surface area (Å²) in [4.78, 5) is 12.0. The molecule has 0 aliphatic carbocycles. The lowest BCUT2D eigenvalue weighted by atomic mass is 10.0. The molecule has 0 unspecified atom stereocenters. The van der Waals surface area contributed by atoms with Crippen molar-refractivity contribution in [2.75, 3.05) is 0 Å². The molecule has 24 heavy (non-hydrogen) atoms. The lowest BCUT2D eigenvalue weighted by Gasteiger charge is -2.28. The van der Waals surface area contributed by atoms with Crippen molar-refractivity contribution in [3.05, 3.63) is 71.8 Å². The van der Waals surface area contributed by atoms with Crippen molar-refractivity contribution in [2.45, 2.75) is 44.8 Å². The maximum Gasteiger partial charge on any atom is 0.204 e. The van der Waals surface area contributed by atoms with E-state index in [1.54, 1.807) is 0 Å². The summed E-state index contributed by atoms with van der Waals surface area (Å²) in [5.74, 6) is 3.03. The van der Waals surface area contributed by atoms with Gasteiger partial charge in [-0.1, -0.05) is 87.1 Å². The quantitative estimate of drug-likeness (QED) is 0.513. The molecule has 124 valence electrons. The highest BCUT2D eigenvalue weighted by atomic mass is 28.3. The molecule has 1 nitrogen and oxygen atoms in total. The van der Waals surface area contributed by atoms with Gasteiger partial charge in [-0.05, 0) is 23.5 Å². The van der Waals surface area contributed by atoms with E-state index in [2.05, 4.69) is 80.0 Å². The molecule has 0 radical (unpaired) electrons. The van der Waals surface area contributed by atoms with Crippen LogP contribution >= 0.6 is 0 Å². The standard InChI is InChI=1S/C22H26OSi/c1-4-5-16-21(23)17-18-24(2,3)22(19-12-8-6-9-13-19)20-14-10-7-11-15-20/h6-15,22H,4-5,16H2,1-3H3. The zero-order valence-corrected chi connectivity index (χ0v) is 15.9. The molecule has 2 rings (SSSR count). The minimum absolute atomic E-state index is 0.0808. The molecule has 0 atom stereocenters. The van der Waals surface area contributed by atoms with Gasteiger partial charge in [0.05, 0.1) is 0 Å². The first-order valence-corrected chi connectivity index (χ1v) is 11.8. The summed E-state index contributed by atoms with van der Waals surface area (Å²) in [6.07, 6.45) is 2.54. The van der Waals surface area contributed by atoms with E-state index in [1.165, 1.54) is 11.1 Å². The predicted octanol–water partition coefficient (Wildman–Crippen LogP) is 5.37. The van der Waals surface area contributed by atoms with E-state index in [1.807, 2.05) is 12.1 Å². The molecule has 0 saturated heterocycles. The van der Waals surface area contributed by atoms with Crippen molar-refractivity contribution in [3.8, 4) is 11.5 Å². The average molecular weight is 335 g/mol. The van der Waals surface area contributed by atoms with Crippen molar-refractivity contribution in [1.29, 1.82) is 0 Å². The Kier molecular flexibility index (Phi) is 6.58. The Balaban J connectivity index is 2.36. The van der Waals surface area contributed by atoms with Crippen LogP contribution in [0.4, 0.5) is 0 Å². The molecule has 0 N–H and O–H groups in total. The molecule has 0 aromatic heterocycles. The van der Waals surface area contributed by atoms with Gasteiger partial charge in [0.1, 0.15) is 8.07 Å². The lowest BCUT2D eigenvalue weighted by Crippen LogP contribution is -2.34. The van der Waals surface area contributed by atoms with Gasteiger partial charge in [-0.15, -0.1) is 5.54 Å². The van der Waals surface area contributed by atoms with Crippen LogP contribution in [0.15, 0.2) is 60.7 Å². The Morgan fingerprint density at radius 1 is 0.958 bits per heavy atom. The molecule has 2 aromatic carbocycles. The maximum atomic E-state index is 12.0. The highest BCUT2D eigenvalue weighted by molar-refractivity contribution is 6.87. The van der Waals surface area contributed by atoms with Gasteiger partial charge in [0.25, 0.3) is 0 Å². The van der Waals surface area contributed by atoms with Crippen molar-refractivity contribution in [2.24, 2.45) is 0 Å². The van der Waals surface area contributed by atoms with Crippen LogP contribution in [0.25, 0.3) is 0 Å². The molecule has 0 aliphatic rings. The number of ketones is 1. The molecule has 0 spiro atoms. The van der Waals surface area contributed by atoms with Crippen LogP contribution in [0.5, 0.6) is 0 Å². The number of carbonyl (C=O) groups is 1. The van der Waals surface area contributed by atoms with Gasteiger partial charge in [0.2, 0.25) is 5.78 Å². The Labute approximate surface area is 147 Å². The Morgan fingerprint density at radius 3 is 1.92 bits per heavy atom. The Bertz CT molecular complexity index is 668. The highest BCUT2D eigenvalue weighted by Gasteiger charge is 2.33. The molecule has 0 amide bonds. The second kappa shape index (κ2) is 8.66.